The summed E-state index contributed by atoms with van der Waals surface area (Å²) in [4.78, 5) is 57.4. The summed E-state index contributed by atoms with van der Waals surface area (Å²) in [6, 6.07) is 5.96. The Morgan fingerprint density at radius 3 is 1.84 bits per heavy atom. The molecule has 1 aromatic carbocycles. The van der Waals surface area contributed by atoms with Crippen LogP contribution in [-0.2, 0) is 42.9 Å². The zero-order valence-electron chi connectivity index (χ0n) is 18.0. The van der Waals surface area contributed by atoms with E-state index in [2.05, 4.69) is 0 Å². The normalized spacial score (nSPS) is 24.6. The minimum absolute atomic E-state index is 0.247. The van der Waals surface area contributed by atoms with Gasteiger partial charge in [0.15, 0.2) is 12.2 Å². The highest BCUT2D eigenvalue weighted by atomic mass is 16.7. The number of hydrogen-bond acceptors (Lipinski definition) is 11. The van der Waals surface area contributed by atoms with E-state index in [-0.39, 0.29) is 12.4 Å². The van der Waals surface area contributed by atoms with Crippen LogP contribution in [0.3, 0.4) is 0 Å². The fraction of sp³-hybridized carbons (Fsp3) is 0.476. The molecule has 0 radical (unpaired) electrons. The van der Waals surface area contributed by atoms with Crippen LogP contribution >= 0.6 is 0 Å². The first-order valence-electron chi connectivity index (χ1n) is 9.63. The summed E-state index contributed by atoms with van der Waals surface area (Å²) in [7, 11) is 0. The van der Waals surface area contributed by atoms with Gasteiger partial charge in [-0.05, 0) is 24.3 Å². The molecule has 1 fully saturated rings. The summed E-state index contributed by atoms with van der Waals surface area (Å²) in [5.41, 5.74) is 0.402. The van der Waals surface area contributed by atoms with Crippen LogP contribution in [0.5, 0.6) is 5.75 Å². The molecule has 0 amide bonds. The van der Waals surface area contributed by atoms with Crippen LogP contribution in [0, 0.1) is 0 Å². The number of benzene rings is 1. The van der Waals surface area contributed by atoms with Gasteiger partial charge < -0.3 is 28.4 Å². The molecule has 11 nitrogen and oxygen atoms in total. The molecule has 1 aliphatic heterocycles. The Bertz CT molecular complexity index is 848. The molecular weight excluding hydrogens is 428 g/mol. The van der Waals surface area contributed by atoms with Crippen LogP contribution in [0.15, 0.2) is 24.3 Å². The Kier molecular flexibility index (Phi) is 8.71. The molecule has 5 atom stereocenters. The lowest BCUT2D eigenvalue weighted by molar-refractivity contribution is -0.288. The SMILES string of the molecule is CC(=O)OC[C@@H]1O[C@@H](Oc2ccc(C=O)cc2)[C@@H](OC(C)=O)[C@@H](OC(C)=O)[C@H]1OC(C)=O. The lowest BCUT2D eigenvalue weighted by atomic mass is 9.98. The zero-order chi connectivity index (χ0) is 23.8. The molecular formula is C21H24O11. The van der Waals surface area contributed by atoms with Gasteiger partial charge in [-0.15, -0.1) is 0 Å². The highest BCUT2D eigenvalue weighted by Crippen LogP contribution is 2.31. The van der Waals surface area contributed by atoms with Crippen molar-refractivity contribution in [2.24, 2.45) is 0 Å². The monoisotopic (exact) mass is 452 g/mol. The van der Waals surface area contributed by atoms with Crippen LogP contribution in [-0.4, -0.2) is 67.5 Å². The van der Waals surface area contributed by atoms with Gasteiger partial charge in [-0.25, -0.2) is 0 Å². The number of ether oxygens (including phenoxy) is 6. The maximum Gasteiger partial charge on any atom is 0.303 e. The largest absolute Gasteiger partial charge is 0.463 e. The molecule has 1 saturated heterocycles. The highest BCUT2D eigenvalue weighted by molar-refractivity contribution is 5.74. The predicted molar refractivity (Wildman–Crippen MR) is 104 cm³/mol. The van der Waals surface area contributed by atoms with Crippen LogP contribution in [0.4, 0.5) is 0 Å². The van der Waals surface area contributed by atoms with Crippen molar-refractivity contribution < 1.29 is 52.4 Å². The van der Waals surface area contributed by atoms with Crippen LogP contribution in [0.1, 0.15) is 38.1 Å². The topological polar surface area (TPSA) is 141 Å². The smallest absolute Gasteiger partial charge is 0.303 e. The van der Waals surface area contributed by atoms with Crippen LogP contribution in [0.2, 0.25) is 0 Å². The fourth-order valence-electron chi connectivity index (χ4n) is 3.04. The van der Waals surface area contributed by atoms with Gasteiger partial charge in [0.1, 0.15) is 24.7 Å². The first kappa shape index (κ1) is 24.8. The quantitative estimate of drug-likeness (QED) is 0.316. The minimum Gasteiger partial charge on any atom is -0.463 e. The molecule has 0 N–H and O–H groups in total. The standard InChI is InChI=1S/C21H24O11/c1-11(23)27-10-17-18(28-12(2)24)19(29-13(3)25)20(30-14(4)26)21(32-17)31-16-7-5-15(9-22)6-8-16/h5-9,17-21H,10H2,1-4H3/t17-,18-,19-,20-,21+/m0/s1. The maximum atomic E-state index is 11.8. The number of rotatable bonds is 8. The van der Waals surface area contributed by atoms with Gasteiger partial charge in [0, 0.05) is 33.3 Å². The summed E-state index contributed by atoms with van der Waals surface area (Å²) in [6.45, 7) is 4.21. The Balaban J connectivity index is 2.43. The average molecular weight is 452 g/mol. The Hall–Kier alpha value is -3.47. The molecule has 0 aliphatic carbocycles. The van der Waals surface area contributed by atoms with E-state index in [1.807, 2.05) is 0 Å². The molecule has 0 unspecified atom stereocenters. The van der Waals surface area contributed by atoms with E-state index in [0.29, 0.717) is 11.8 Å². The molecule has 0 saturated carbocycles. The van der Waals surface area contributed by atoms with Gasteiger partial charge in [-0.1, -0.05) is 0 Å². The molecule has 1 aromatic rings. The summed E-state index contributed by atoms with van der Waals surface area (Å²) in [6.07, 6.45) is -5.72. The molecule has 11 heteroatoms. The highest BCUT2D eigenvalue weighted by Gasteiger charge is 2.53. The molecule has 0 bridgehead atoms. The summed E-state index contributed by atoms with van der Waals surface area (Å²) in [5, 5.41) is 0. The third kappa shape index (κ3) is 7.05. The third-order valence-electron chi connectivity index (χ3n) is 4.22. The summed E-state index contributed by atoms with van der Waals surface area (Å²) in [5.74, 6) is -2.58. The molecule has 174 valence electrons. The van der Waals surface area contributed by atoms with E-state index in [1.165, 1.54) is 31.2 Å². The fourth-order valence-corrected chi connectivity index (χ4v) is 3.04. The van der Waals surface area contributed by atoms with E-state index in [0.717, 1.165) is 20.8 Å². The van der Waals surface area contributed by atoms with Crippen molar-refractivity contribution in [2.75, 3.05) is 6.61 Å². The molecule has 1 aliphatic rings. The van der Waals surface area contributed by atoms with Gasteiger partial charge in [0.2, 0.25) is 12.4 Å². The number of aldehydes is 1. The second kappa shape index (κ2) is 11.2. The summed E-state index contributed by atoms with van der Waals surface area (Å²) < 4.78 is 32.5. The van der Waals surface area contributed by atoms with Crippen molar-refractivity contribution in [2.45, 2.75) is 58.4 Å². The van der Waals surface area contributed by atoms with Gasteiger partial charge >= 0.3 is 23.9 Å². The number of carbonyl (C=O) groups is 5. The van der Waals surface area contributed by atoms with Crippen molar-refractivity contribution in [3.8, 4) is 5.75 Å². The van der Waals surface area contributed by atoms with E-state index in [4.69, 9.17) is 28.4 Å². The Morgan fingerprint density at radius 1 is 0.812 bits per heavy atom. The Morgan fingerprint density at radius 2 is 1.34 bits per heavy atom. The van der Waals surface area contributed by atoms with Crippen molar-refractivity contribution >= 4 is 30.2 Å². The van der Waals surface area contributed by atoms with E-state index in [1.54, 1.807) is 0 Å². The maximum absolute atomic E-state index is 11.8. The second-order valence-electron chi connectivity index (χ2n) is 6.87. The lowest BCUT2D eigenvalue weighted by Gasteiger charge is -2.43. The first-order valence-corrected chi connectivity index (χ1v) is 9.63. The molecule has 0 aromatic heterocycles. The first-order chi connectivity index (χ1) is 15.1. The lowest BCUT2D eigenvalue weighted by Crippen LogP contribution is -2.63. The molecule has 1 heterocycles. The Labute approximate surface area is 183 Å². The van der Waals surface area contributed by atoms with Crippen molar-refractivity contribution in [1.29, 1.82) is 0 Å². The second-order valence-corrected chi connectivity index (χ2v) is 6.87. The van der Waals surface area contributed by atoms with Gasteiger partial charge in [-0.2, -0.15) is 0 Å². The molecule has 0 spiro atoms. The number of carbonyl (C=O) groups excluding carboxylic acids is 5. The minimum atomic E-state index is -1.34. The van der Waals surface area contributed by atoms with E-state index >= 15 is 0 Å². The molecule has 2 rings (SSSR count). The van der Waals surface area contributed by atoms with Crippen molar-refractivity contribution in [3.63, 3.8) is 0 Å². The third-order valence-corrected chi connectivity index (χ3v) is 4.22. The van der Waals surface area contributed by atoms with E-state index in [9.17, 15) is 24.0 Å². The number of esters is 4. The summed E-state index contributed by atoms with van der Waals surface area (Å²) >= 11 is 0. The molecule has 32 heavy (non-hydrogen) atoms. The van der Waals surface area contributed by atoms with Gasteiger partial charge in [0.05, 0.1) is 0 Å². The van der Waals surface area contributed by atoms with Crippen molar-refractivity contribution in [3.05, 3.63) is 29.8 Å². The average Bonchev–Trinajstić information content (AvgIpc) is 2.70. The van der Waals surface area contributed by atoms with Crippen LogP contribution in [0.25, 0.3) is 0 Å². The van der Waals surface area contributed by atoms with Gasteiger partial charge in [-0.3, -0.25) is 24.0 Å². The van der Waals surface area contributed by atoms with Crippen molar-refractivity contribution in [1.82, 2.24) is 0 Å². The van der Waals surface area contributed by atoms with E-state index < -0.39 is 54.6 Å². The van der Waals surface area contributed by atoms with Gasteiger partial charge in [0.25, 0.3) is 0 Å². The predicted octanol–water partition coefficient (Wildman–Crippen LogP) is 0.961. The number of hydrogen-bond donors (Lipinski definition) is 0. The van der Waals surface area contributed by atoms with Crippen LogP contribution < -0.4 is 4.74 Å². The zero-order valence-corrected chi connectivity index (χ0v) is 18.0.